The van der Waals surface area contributed by atoms with E-state index in [9.17, 15) is 9.59 Å². The third-order valence-corrected chi connectivity index (χ3v) is 6.93. The molecule has 2 aromatic heterocycles. The van der Waals surface area contributed by atoms with E-state index in [1.54, 1.807) is 16.7 Å². The Morgan fingerprint density at radius 3 is 2.83 bits per heavy atom. The molecule has 1 fully saturated rings. The van der Waals surface area contributed by atoms with Gasteiger partial charge < -0.3 is 9.64 Å². The molecule has 1 aromatic carbocycles. The second-order valence-electron chi connectivity index (χ2n) is 8.05. The minimum Gasteiger partial charge on any atom is -0.489 e. The zero-order valence-electron chi connectivity index (χ0n) is 17.1. The van der Waals surface area contributed by atoms with Crippen molar-refractivity contribution >= 4 is 22.2 Å². The lowest BCUT2D eigenvalue weighted by Gasteiger charge is -2.34. The molecule has 0 N–H and O–H groups in total. The second kappa shape index (κ2) is 7.52. The molecule has 2 atom stereocenters. The molecule has 1 amide bonds. The fraction of sp³-hybridized carbons (Fsp3) is 0.409. The lowest BCUT2D eigenvalue weighted by atomic mass is 9.96. The van der Waals surface area contributed by atoms with Crippen molar-refractivity contribution in [3.8, 4) is 5.75 Å². The SMILES string of the molecule is C[C@@H]1Oc2c(C(=O)N3CCN(Cc4cc(=O)n5ccsc5n4)CC3)cccc2[C@@H]1C. The molecule has 2 aliphatic heterocycles. The lowest BCUT2D eigenvalue weighted by molar-refractivity contribution is 0.0622. The number of para-hydroxylation sites is 1. The van der Waals surface area contributed by atoms with Gasteiger partial charge >= 0.3 is 0 Å². The van der Waals surface area contributed by atoms with Crippen molar-refractivity contribution in [2.45, 2.75) is 32.4 Å². The number of carbonyl (C=O) groups excluding carboxylic acids is 1. The van der Waals surface area contributed by atoms with Crippen molar-refractivity contribution < 1.29 is 9.53 Å². The molecule has 0 aliphatic carbocycles. The predicted octanol–water partition coefficient (Wildman–Crippen LogP) is 2.60. The zero-order valence-corrected chi connectivity index (χ0v) is 17.9. The van der Waals surface area contributed by atoms with Crippen LogP contribution in [0.1, 0.15) is 41.4 Å². The maximum absolute atomic E-state index is 13.2. The highest BCUT2D eigenvalue weighted by Gasteiger charge is 2.33. The average molecular weight is 425 g/mol. The Labute approximate surface area is 178 Å². The molecule has 30 heavy (non-hydrogen) atoms. The lowest BCUT2D eigenvalue weighted by Crippen LogP contribution is -2.48. The summed E-state index contributed by atoms with van der Waals surface area (Å²) >= 11 is 1.46. The first-order valence-corrected chi connectivity index (χ1v) is 11.2. The third kappa shape index (κ3) is 3.30. The molecule has 3 aromatic rings. The molecule has 2 aliphatic rings. The fourth-order valence-electron chi connectivity index (χ4n) is 4.23. The van der Waals surface area contributed by atoms with Gasteiger partial charge in [0.2, 0.25) is 0 Å². The Kier molecular flexibility index (Phi) is 4.83. The highest BCUT2D eigenvalue weighted by atomic mass is 32.1. The second-order valence-corrected chi connectivity index (χ2v) is 8.92. The van der Waals surface area contributed by atoms with E-state index in [2.05, 4.69) is 22.9 Å². The van der Waals surface area contributed by atoms with Gasteiger partial charge in [-0.2, -0.15) is 0 Å². The number of hydrogen-bond acceptors (Lipinski definition) is 6. The average Bonchev–Trinajstić information content (AvgIpc) is 3.33. The highest BCUT2D eigenvalue weighted by Crippen LogP contribution is 2.40. The largest absolute Gasteiger partial charge is 0.489 e. The molecular formula is C22H24N4O3S. The molecule has 4 heterocycles. The van der Waals surface area contributed by atoms with Crippen molar-refractivity contribution in [2.24, 2.45) is 0 Å². The number of ether oxygens (including phenoxy) is 1. The van der Waals surface area contributed by atoms with Gasteiger partial charge in [0.05, 0.1) is 11.3 Å². The van der Waals surface area contributed by atoms with Crippen LogP contribution < -0.4 is 10.3 Å². The van der Waals surface area contributed by atoms with Gasteiger partial charge in [-0.05, 0) is 13.0 Å². The Hall–Kier alpha value is -2.71. The van der Waals surface area contributed by atoms with Gasteiger partial charge in [-0.15, -0.1) is 11.3 Å². The molecule has 8 heteroatoms. The Morgan fingerprint density at radius 1 is 1.23 bits per heavy atom. The van der Waals surface area contributed by atoms with Crippen molar-refractivity contribution in [1.82, 2.24) is 19.2 Å². The number of aromatic nitrogens is 2. The molecule has 0 bridgehead atoms. The summed E-state index contributed by atoms with van der Waals surface area (Å²) in [5, 5.41) is 1.86. The summed E-state index contributed by atoms with van der Waals surface area (Å²) in [6, 6.07) is 7.47. The van der Waals surface area contributed by atoms with E-state index in [0.29, 0.717) is 36.1 Å². The summed E-state index contributed by atoms with van der Waals surface area (Å²) < 4.78 is 7.57. The van der Waals surface area contributed by atoms with Crippen molar-refractivity contribution in [3.05, 3.63) is 63.0 Å². The van der Waals surface area contributed by atoms with Crippen LogP contribution in [0.25, 0.3) is 4.96 Å². The number of fused-ring (bicyclic) bond motifs is 2. The van der Waals surface area contributed by atoms with E-state index in [1.807, 2.05) is 29.3 Å². The number of rotatable bonds is 3. The molecule has 0 radical (unpaired) electrons. The first kappa shape index (κ1) is 19.3. The van der Waals surface area contributed by atoms with Gasteiger partial charge in [-0.25, -0.2) is 4.98 Å². The van der Waals surface area contributed by atoms with Crippen molar-refractivity contribution in [2.75, 3.05) is 26.2 Å². The van der Waals surface area contributed by atoms with Gasteiger partial charge in [0.1, 0.15) is 11.9 Å². The number of nitrogens with zero attached hydrogens (tertiary/aromatic N) is 4. The summed E-state index contributed by atoms with van der Waals surface area (Å²) in [6.07, 6.45) is 1.83. The normalized spacial score (nSPS) is 21.6. The van der Waals surface area contributed by atoms with Crippen LogP contribution in [0.2, 0.25) is 0 Å². The van der Waals surface area contributed by atoms with Crippen LogP contribution in [0.3, 0.4) is 0 Å². The summed E-state index contributed by atoms with van der Waals surface area (Å²) in [4.78, 5) is 34.8. The van der Waals surface area contributed by atoms with Gasteiger partial charge in [-0.3, -0.25) is 18.9 Å². The summed E-state index contributed by atoms with van der Waals surface area (Å²) in [5.41, 5.74) is 2.51. The van der Waals surface area contributed by atoms with Crippen LogP contribution in [0.5, 0.6) is 5.75 Å². The smallest absolute Gasteiger partial charge is 0.258 e. The van der Waals surface area contributed by atoms with Crippen LogP contribution in [-0.4, -0.2) is 57.4 Å². The minimum absolute atomic E-state index is 0.0316. The molecule has 0 unspecified atom stereocenters. The number of thiazole rings is 1. The third-order valence-electron chi connectivity index (χ3n) is 6.18. The fourth-order valence-corrected chi connectivity index (χ4v) is 4.97. The van der Waals surface area contributed by atoms with Crippen LogP contribution in [0.4, 0.5) is 0 Å². The number of carbonyl (C=O) groups is 1. The van der Waals surface area contributed by atoms with E-state index in [-0.39, 0.29) is 17.6 Å². The molecular weight excluding hydrogens is 400 g/mol. The molecule has 7 nitrogen and oxygen atoms in total. The quantitative estimate of drug-likeness (QED) is 0.647. The number of benzene rings is 1. The first-order chi connectivity index (χ1) is 14.5. The van der Waals surface area contributed by atoms with Gasteiger partial charge in [0.15, 0.2) is 4.96 Å². The summed E-state index contributed by atoms with van der Waals surface area (Å²) in [7, 11) is 0. The van der Waals surface area contributed by atoms with Crippen molar-refractivity contribution in [1.29, 1.82) is 0 Å². The van der Waals surface area contributed by atoms with Gasteiger partial charge in [-0.1, -0.05) is 19.1 Å². The minimum atomic E-state index is -0.0496. The van der Waals surface area contributed by atoms with E-state index in [4.69, 9.17) is 4.74 Å². The van der Waals surface area contributed by atoms with E-state index in [1.165, 1.54) is 11.3 Å². The van der Waals surface area contributed by atoms with Gasteiger partial charge in [0, 0.05) is 61.8 Å². The molecule has 0 spiro atoms. The molecule has 156 valence electrons. The van der Waals surface area contributed by atoms with Crippen LogP contribution >= 0.6 is 11.3 Å². The van der Waals surface area contributed by atoms with Crippen LogP contribution in [-0.2, 0) is 6.54 Å². The van der Waals surface area contributed by atoms with Crippen LogP contribution in [0, 0.1) is 0 Å². The topological polar surface area (TPSA) is 67.2 Å². The summed E-state index contributed by atoms with van der Waals surface area (Å²) in [6.45, 7) is 7.59. The number of amides is 1. The molecule has 5 rings (SSSR count). The maximum Gasteiger partial charge on any atom is 0.258 e. The number of piperazine rings is 1. The Balaban J connectivity index is 1.26. The first-order valence-electron chi connectivity index (χ1n) is 10.3. The van der Waals surface area contributed by atoms with E-state index in [0.717, 1.165) is 30.1 Å². The maximum atomic E-state index is 13.2. The molecule has 0 saturated carbocycles. The Bertz CT molecular complexity index is 1160. The van der Waals surface area contributed by atoms with Gasteiger partial charge in [0.25, 0.3) is 11.5 Å². The Morgan fingerprint density at radius 2 is 2.03 bits per heavy atom. The highest BCUT2D eigenvalue weighted by molar-refractivity contribution is 7.15. The zero-order chi connectivity index (χ0) is 20.8. The van der Waals surface area contributed by atoms with Crippen LogP contribution in [0.15, 0.2) is 40.6 Å². The molecule has 1 saturated heterocycles. The standard InChI is InChI=1S/C22H24N4O3S/c1-14-15(2)29-20-17(14)4-3-5-18(20)21(28)25-8-6-24(7-9-25)13-16-12-19(27)26-10-11-30-22(26)23-16/h3-5,10-12,14-15H,6-9,13H2,1-2H3/t14-,15+/m1/s1. The monoisotopic (exact) mass is 424 g/mol. The predicted molar refractivity (Wildman–Crippen MR) is 115 cm³/mol. The number of hydrogen-bond donors (Lipinski definition) is 0. The van der Waals surface area contributed by atoms with E-state index >= 15 is 0 Å². The van der Waals surface area contributed by atoms with E-state index < -0.39 is 0 Å². The summed E-state index contributed by atoms with van der Waals surface area (Å²) in [5.74, 6) is 1.07. The van der Waals surface area contributed by atoms with Crippen molar-refractivity contribution in [3.63, 3.8) is 0 Å².